The number of amides is 3. The molecule has 0 saturated carbocycles. The van der Waals surface area contributed by atoms with Crippen LogP contribution in [0.2, 0.25) is 0 Å². The molecule has 3 amide bonds. The summed E-state index contributed by atoms with van der Waals surface area (Å²) in [6.07, 6.45) is 2.05. The molecule has 11 heteroatoms. The number of hydrogen-bond donors (Lipinski definition) is 3. The minimum absolute atomic E-state index is 0.118. The molecule has 0 radical (unpaired) electrons. The van der Waals surface area contributed by atoms with Crippen LogP contribution in [0.25, 0.3) is 0 Å². The Labute approximate surface area is 212 Å². The number of benzene rings is 2. The normalized spacial score (nSPS) is 11.5. The van der Waals surface area contributed by atoms with Gasteiger partial charge in [-0.25, -0.2) is 5.43 Å². The molecule has 0 unspecified atom stereocenters. The lowest BCUT2D eigenvalue weighted by molar-refractivity contribution is -0.139. The van der Waals surface area contributed by atoms with Crippen LogP contribution in [0.4, 0.5) is 5.69 Å². The van der Waals surface area contributed by atoms with Crippen LogP contribution in [-0.4, -0.2) is 50.3 Å². The summed E-state index contributed by atoms with van der Waals surface area (Å²) in [5.41, 5.74) is 3.34. The van der Waals surface area contributed by atoms with Crippen molar-refractivity contribution >= 4 is 45.6 Å². The van der Waals surface area contributed by atoms with Crippen molar-refractivity contribution in [3.63, 3.8) is 0 Å². The van der Waals surface area contributed by atoms with Gasteiger partial charge in [-0.05, 0) is 78.2 Å². The third-order valence-electron chi connectivity index (χ3n) is 4.62. The molecule has 0 aliphatic heterocycles. The average Bonchev–Trinajstić information content (AvgIpc) is 2.84. The van der Waals surface area contributed by atoms with E-state index < -0.39 is 11.8 Å². The number of hydrazone groups is 1. The molecule has 0 fully saturated rings. The van der Waals surface area contributed by atoms with Crippen LogP contribution < -0.4 is 30.3 Å². The summed E-state index contributed by atoms with van der Waals surface area (Å²) in [6.45, 7) is 5.90. The van der Waals surface area contributed by atoms with Gasteiger partial charge in [0.2, 0.25) is 0 Å². The first-order chi connectivity index (χ1) is 16.8. The monoisotopic (exact) mass is 548 g/mol. The molecule has 35 heavy (non-hydrogen) atoms. The third-order valence-corrected chi connectivity index (χ3v) is 5.21. The predicted molar refractivity (Wildman–Crippen MR) is 136 cm³/mol. The molecule has 3 N–H and O–H groups in total. The van der Waals surface area contributed by atoms with Gasteiger partial charge in [-0.2, -0.15) is 5.10 Å². The number of ether oxygens (including phenoxy) is 3. The van der Waals surface area contributed by atoms with E-state index >= 15 is 0 Å². The third kappa shape index (κ3) is 8.93. The van der Waals surface area contributed by atoms with E-state index in [0.717, 1.165) is 0 Å². The number of halogens is 1. The number of nitrogens with zero attached hydrogens (tertiary/aromatic N) is 1. The summed E-state index contributed by atoms with van der Waals surface area (Å²) in [7, 11) is 1.45. The SMILES string of the molecule is CCOc1ccc(NC(=O)COc2c(Br)cc(/C=N\NC(=O)C(=O)N[C@@H](C)CC)cc2OC)cc1. The van der Waals surface area contributed by atoms with Gasteiger partial charge in [-0.1, -0.05) is 6.92 Å². The molecule has 1 atom stereocenters. The van der Waals surface area contributed by atoms with Crippen LogP contribution in [0.5, 0.6) is 17.2 Å². The van der Waals surface area contributed by atoms with E-state index in [-0.39, 0.29) is 18.6 Å². The maximum Gasteiger partial charge on any atom is 0.329 e. The Balaban J connectivity index is 1.96. The van der Waals surface area contributed by atoms with Crippen molar-refractivity contribution in [2.45, 2.75) is 33.2 Å². The number of nitrogens with one attached hydrogen (secondary N) is 3. The molecule has 188 valence electrons. The van der Waals surface area contributed by atoms with Crippen LogP contribution in [0.15, 0.2) is 46.0 Å². The van der Waals surface area contributed by atoms with Crippen molar-refractivity contribution < 1.29 is 28.6 Å². The Morgan fingerprint density at radius 3 is 2.43 bits per heavy atom. The van der Waals surface area contributed by atoms with Crippen LogP contribution in [0.3, 0.4) is 0 Å². The van der Waals surface area contributed by atoms with Crippen molar-refractivity contribution in [3.8, 4) is 17.2 Å². The summed E-state index contributed by atoms with van der Waals surface area (Å²) >= 11 is 3.39. The zero-order valence-electron chi connectivity index (χ0n) is 20.0. The zero-order chi connectivity index (χ0) is 25.8. The Kier molecular flexibility index (Phi) is 11.0. The Morgan fingerprint density at radius 2 is 1.80 bits per heavy atom. The van der Waals surface area contributed by atoms with Gasteiger partial charge in [-0.3, -0.25) is 14.4 Å². The zero-order valence-corrected chi connectivity index (χ0v) is 21.6. The Bertz CT molecular complexity index is 1060. The number of methoxy groups -OCH3 is 1. The van der Waals surface area contributed by atoms with Gasteiger partial charge in [0.15, 0.2) is 18.1 Å². The standard InChI is InChI=1S/C24H29BrN4O6/c1-5-15(3)27-23(31)24(32)29-26-13-16-11-19(25)22(20(12-16)33-4)35-14-21(30)28-17-7-9-18(10-8-17)34-6-2/h7-13,15H,5-6,14H2,1-4H3,(H,27,31)(H,28,30)(H,29,32)/b26-13-/t15-/m0/s1. The number of rotatable bonds is 11. The van der Waals surface area contributed by atoms with E-state index in [1.165, 1.54) is 13.3 Å². The lowest BCUT2D eigenvalue weighted by atomic mass is 10.2. The van der Waals surface area contributed by atoms with Gasteiger partial charge in [0.05, 0.1) is 24.4 Å². The number of carbonyl (C=O) groups is 3. The second-order valence-corrected chi connectivity index (χ2v) is 8.16. The summed E-state index contributed by atoms with van der Waals surface area (Å²) < 4.78 is 16.9. The topological polar surface area (TPSA) is 127 Å². The van der Waals surface area contributed by atoms with Gasteiger partial charge in [0, 0.05) is 11.7 Å². The second-order valence-electron chi connectivity index (χ2n) is 7.31. The molecular weight excluding hydrogens is 520 g/mol. The quantitative estimate of drug-likeness (QED) is 0.225. The van der Waals surface area contributed by atoms with Gasteiger partial charge < -0.3 is 24.8 Å². The molecule has 0 saturated heterocycles. The summed E-state index contributed by atoms with van der Waals surface area (Å²) in [4.78, 5) is 35.9. The first-order valence-electron chi connectivity index (χ1n) is 10.9. The van der Waals surface area contributed by atoms with Crippen molar-refractivity contribution in [1.82, 2.24) is 10.7 Å². The van der Waals surface area contributed by atoms with E-state index in [1.54, 1.807) is 43.3 Å². The molecule has 2 aromatic carbocycles. The van der Waals surface area contributed by atoms with Crippen LogP contribution in [-0.2, 0) is 14.4 Å². The minimum atomic E-state index is -0.869. The van der Waals surface area contributed by atoms with Gasteiger partial charge in [-0.15, -0.1) is 0 Å². The van der Waals surface area contributed by atoms with Gasteiger partial charge in [0.1, 0.15) is 5.75 Å². The van der Waals surface area contributed by atoms with Crippen molar-refractivity contribution in [2.75, 3.05) is 25.6 Å². The second kappa shape index (κ2) is 14.0. The molecule has 0 aliphatic carbocycles. The fourth-order valence-corrected chi connectivity index (χ4v) is 3.27. The van der Waals surface area contributed by atoms with Crippen molar-refractivity contribution in [2.24, 2.45) is 5.10 Å². The highest BCUT2D eigenvalue weighted by Gasteiger charge is 2.15. The maximum absolute atomic E-state index is 12.3. The van der Waals surface area contributed by atoms with Crippen molar-refractivity contribution in [1.29, 1.82) is 0 Å². The number of carbonyl (C=O) groups excluding carboxylic acids is 3. The molecule has 0 aromatic heterocycles. The molecule has 0 spiro atoms. The minimum Gasteiger partial charge on any atom is -0.494 e. The van der Waals surface area contributed by atoms with Crippen LogP contribution in [0, 0.1) is 0 Å². The molecule has 0 heterocycles. The average molecular weight is 549 g/mol. The van der Waals surface area contributed by atoms with E-state index in [2.05, 4.69) is 37.1 Å². The first kappa shape index (κ1) is 27.6. The molecule has 10 nitrogen and oxygen atoms in total. The van der Waals surface area contributed by atoms with Crippen LogP contribution in [0.1, 0.15) is 32.8 Å². The molecule has 0 aliphatic rings. The first-order valence-corrected chi connectivity index (χ1v) is 11.7. The fourth-order valence-electron chi connectivity index (χ4n) is 2.70. The number of anilines is 1. The highest BCUT2D eigenvalue weighted by molar-refractivity contribution is 9.10. The Morgan fingerprint density at radius 1 is 1.09 bits per heavy atom. The van der Waals surface area contributed by atoms with E-state index in [9.17, 15) is 14.4 Å². The van der Waals surface area contributed by atoms with Crippen LogP contribution >= 0.6 is 15.9 Å². The van der Waals surface area contributed by atoms with E-state index in [0.29, 0.717) is 46.0 Å². The highest BCUT2D eigenvalue weighted by Crippen LogP contribution is 2.36. The Hall–Kier alpha value is -3.60. The maximum atomic E-state index is 12.3. The lowest BCUT2D eigenvalue weighted by Gasteiger charge is -2.13. The highest BCUT2D eigenvalue weighted by atomic mass is 79.9. The molecule has 2 aromatic rings. The van der Waals surface area contributed by atoms with E-state index in [1.807, 2.05) is 13.8 Å². The van der Waals surface area contributed by atoms with Crippen molar-refractivity contribution in [3.05, 3.63) is 46.4 Å². The predicted octanol–water partition coefficient (Wildman–Crippen LogP) is 3.24. The lowest BCUT2D eigenvalue weighted by Crippen LogP contribution is -2.41. The largest absolute Gasteiger partial charge is 0.494 e. The summed E-state index contributed by atoms with van der Waals surface area (Å²) in [6, 6.07) is 10.2. The number of hydrogen-bond acceptors (Lipinski definition) is 7. The smallest absolute Gasteiger partial charge is 0.329 e. The summed E-state index contributed by atoms with van der Waals surface area (Å²) in [5.74, 6) is -0.604. The molecule has 0 bridgehead atoms. The molecule has 2 rings (SSSR count). The molecular formula is C24H29BrN4O6. The van der Waals surface area contributed by atoms with Gasteiger partial charge in [0.25, 0.3) is 5.91 Å². The van der Waals surface area contributed by atoms with E-state index in [4.69, 9.17) is 14.2 Å². The fraction of sp³-hybridized carbons (Fsp3) is 0.333. The summed E-state index contributed by atoms with van der Waals surface area (Å²) in [5, 5.41) is 9.10. The van der Waals surface area contributed by atoms with Gasteiger partial charge >= 0.3 is 11.8 Å².